The lowest BCUT2D eigenvalue weighted by Gasteiger charge is -1.93. The molecule has 3 nitrogen and oxygen atoms in total. The van der Waals surface area contributed by atoms with Crippen LogP contribution in [0.2, 0.25) is 0 Å². The Labute approximate surface area is 84.3 Å². The van der Waals surface area contributed by atoms with E-state index in [1.807, 2.05) is 28.8 Å². The number of hydrogen-bond acceptors (Lipinski definition) is 2. The van der Waals surface area contributed by atoms with Crippen molar-refractivity contribution >= 4 is 34.0 Å². The van der Waals surface area contributed by atoms with Crippen LogP contribution in [0.25, 0.3) is 11.2 Å². The molecule has 12 heavy (non-hydrogen) atoms. The van der Waals surface area contributed by atoms with E-state index >= 15 is 0 Å². The van der Waals surface area contributed by atoms with Crippen molar-refractivity contribution in [2.45, 2.75) is 13.8 Å². The van der Waals surface area contributed by atoms with E-state index in [4.69, 9.17) is 0 Å². The number of pyridine rings is 1. The molecule has 0 saturated heterocycles. The molecule has 2 rings (SSSR count). The van der Waals surface area contributed by atoms with E-state index in [2.05, 4.69) is 32.8 Å². The second kappa shape index (κ2) is 2.69. The third-order valence-corrected chi connectivity index (χ3v) is 2.90. The first kappa shape index (κ1) is 7.97. The Bertz CT molecular complexity index is 433. The van der Waals surface area contributed by atoms with Gasteiger partial charge >= 0.3 is 0 Å². The fraction of sp³-hybridized carbons (Fsp3) is 0.250. The van der Waals surface area contributed by atoms with Gasteiger partial charge in [-0.1, -0.05) is 0 Å². The second-order valence-electron chi connectivity index (χ2n) is 2.74. The molecule has 0 bridgehead atoms. The number of aryl methyl sites for hydroxylation is 2. The predicted molar refractivity (Wildman–Crippen MR) is 56.4 cm³/mol. The third kappa shape index (κ3) is 1.10. The molecule has 0 aromatic carbocycles. The quantitative estimate of drug-likeness (QED) is 0.689. The van der Waals surface area contributed by atoms with Gasteiger partial charge < -0.3 is 0 Å². The van der Waals surface area contributed by atoms with Gasteiger partial charge in [0.2, 0.25) is 0 Å². The summed E-state index contributed by atoms with van der Waals surface area (Å²) in [6, 6.07) is 3.98. The van der Waals surface area contributed by atoms with Gasteiger partial charge in [-0.2, -0.15) is 0 Å². The normalized spacial score (nSPS) is 10.9. The molecular weight excluding hydrogens is 265 g/mol. The first-order valence-corrected chi connectivity index (χ1v) is 4.64. The molecule has 0 spiro atoms. The molecule has 4 heteroatoms. The van der Waals surface area contributed by atoms with Crippen LogP contribution in [-0.2, 0) is 0 Å². The molecule has 0 saturated carbocycles. The summed E-state index contributed by atoms with van der Waals surface area (Å²) in [6.07, 6.45) is 0. The zero-order valence-corrected chi connectivity index (χ0v) is 9.03. The molecule has 0 aliphatic rings. The number of aromatic nitrogens is 3. The SMILES string of the molecule is Cc1ccc2nc(C)n(I)c2n1. The van der Waals surface area contributed by atoms with Crippen LogP contribution in [-0.4, -0.2) is 12.7 Å². The topological polar surface area (TPSA) is 30.7 Å². The van der Waals surface area contributed by atoms with Crippen LogP contribution >= 0.6 is 22.9 Å². The molecule has 0 aliphatic heterocycles. The Morgan fingerprint density at radius 3 is 2.75 bits per heavy atom. The lowest BCUT2D eigenvalue weighted by Crippen LogP contribution is -1.86. The minimum atomic E-state index is 0.952. The molecule has 2 heterocycles. The second-order valence-corrected chi connectivity index (χ2v) is 3.70. The largest absolute Gasteiger partial charge is 0.252 e. The van der Waals surface area contributed by atoms with Crippen molar-refractivity contribution in [3.8, 4) is 0 Å². The van der Waals surface area contributed by atoms with E-state index < -0.39 is 0 Å². The van der Waals surface area contributed by atoms with E-state index in [9.17, 15) is 0 Å². The smallest absolute Gasteiger partial charge is 0.169 e. The minimum absolute atomic E-state index is 0.952. The summed E-state index contributed by atoms with van der Waals surface area (Å²) in [4.78, 5) is 8.74. The van der Waals surface area contributed by atoms with Crippen LogP contribution < -0.4 is 0 Å². The molecule has 0 N–H and O–H groups in total. The summed E-state index contributed by atoms with van der Waals surface area (Å²) < 4.78 is 1.97. The van der Waals surface area contributed by atoms with E-state index in [0.717, 1.165) is 22.7 Å². The van der Waals surface area contributed by atoms with Crippen molar-refractivity contribution in [1.29, 1.82) is 0 Å². The van der Waals surface area contributed by atoms with Gasteiger partial charge in [0.15, 0.2) is 5.65 Å². The Kier molecular flexibility index (Phi) is 1.79. The molecule has 0 radical (unpaired) electrons. The van der Waals surface area contributed by atoms with Gasteiger partial charge in [-0.15, -0.1) is 0 Å². The van der Waals surface area contributed by atoms with Gasteiger partial charge in [0.1, 0.15) is 11.3 Å². The predicted octanol–water partition coefficient (Wildman–Crippen LogP) is 2.25. The third-order valence-electron chi connectivity index (χ3n) is 1.75. The highest BCUT2D eigenvalue weighted by Gasteiger charge is 2.05. The van der Waals surface area contributed by atoms with E-state index in [1.165, 1.54) is 0 Å². The van der Waals surface area contributed by atoms with Gasteiger partial charge in [-0.05, 0) is 26.0 Å². The number of nitrogens with zero attached hydrogens (tertiary/aromatic N) is 3. The number of hydrogen-bond donors (Lipinski definition) is 0. The van der Waals surface area contributed by atoms with E-state index in [-0.39, 0.29) is 0 Å². The van der Waals surface area contributed by atoms with Gasteiger partial charge in [0.05, 0.1) is 22.9 Å². The number of imidazole rings is 1. The van der Waals surface area contributed by atoms with Crippen molar-refractivity contribution in [2.24, 2.45) is 0 Å². The van der Waals surface area contributed by atoms with Crippen LogP contribution in [0.15, 0.2) is 12.1 Å². The van der Waals surface area contributed by atoms with Crippen LogP contribution in [0.1, 0.15) is 11.5 Å². The summed E-state index contributed by atoms with van der Waals surface area (Å²) in [5.74, 6) is 0.990. The minimum Gasteiger partial charge on any atom is -0.252 e. The maximum atomic E-state index is 4.39. The highest BCUT2D eigenvalue weighted by Crippen LogP contribution is 2.16. The van der Waals surface area contributed by atoms with Crippen LogP contribution in [0.3, 0.4) is 0 Å². The lowest BCUT2D eigenvalue weighted by atomic mass is 10.4. The lowest BCUT2D eigenvalue weighted by molar-refractivity contribution is 1.13. The fourth-order valence-electron chi connectivity index (χ4n) is 1.14. The van der Waals surface area contributed by atoms with Crippen molar-refractivity contribution in [3.63, 3.8) is 0 Å². The first-order chi connectivity index (χ1) is 5.68. The maximum absolute atomic E-state index is 4.39. The molecule has 0 fully saturated rings. The molecule has 62 valence electrons. The van der Waals surface area contributed by atoms with Gasteiger partial charge in [0.25, 0.3) is 0 Å². The Morgan fingerprint density at radius 2 is 2.00 bits per heavy atom. The molecule has 0 amide bonds. The van der Waals surface area contributed by atoms with Gasteiger partial charge in [-0.3, -0.25) is 2.78 Å². The summed E-state index contributed by atoms with van der Waals surface area (Å²) in [7, 11) is 0. The van der Waals surface area contributed by atoms with Crippen molar-refractivity contribution in [2.75, 3.05) is 0 Å². The Hall–Kier alpha value is -0.650. The summed E-state index contributed by atoms with van der Waals surface area (Å²) >= 11 is 2.21. The van der Waals surface area contributed by atoms with Crippen molar-refractivity contribution in [3.05, 3.63) is 23.7 Å². The zero-order chi connectivity index (χ0) is 8.72. The molecule has 2 aromatic heterocycles. The number of fused-ring (bicyclic) bond motifs is 1. The van der Waals surface area contributed by atoms with Crippen molar-refractivity contribution in [1.82, 2.24) is 12.7 Å². The summed E-state index contributed by atoms with van der Waals surface area (Å²) in [6.45, 7) is 3.96. The molecular formula is C8H8IN3. The van der Waals surface area contributed by atoms with Crippen LogP contribution in [0, 0.1) is 13.8 Å². The zero-order valence-electron chi connectivity index (χ0n) is 6.87. The van der Waals surface area contributed by atoms with E-state index in [0.29, 0.717) is 0 Å². The van der Waals surface area contributed by atoms with Gasteiger partial charge in [0, 0.05) is 5.69 Å². The molecule has 0 unspecified atom stereocenters. The highest BCUT2D eigenvalue weighted by atomic mass is 127. The Balaban J connectivity index is 2.88. The van der Waals surface area contributed by atoms with Crippen LogP contribution in [0.5, 0.6) is 0 Å². The summed E-state index contributed by atoms with van der Waals surface area (Å²) in [5, 5.41) is 0. The fourth-order valence-corrected chi connectivity index (χ4v) is 1.60. The highest BCUT2D eigenvalue weighted by molar-refractivity contribution is 14.1. The van der Waals surface area contributed by atoms with E-state index in [1.54, 1.807) is 0 Å². The van der Waals surface area contributed by atoms with Crippen molar-refractivity contribution < 1.29 is 0 Å². The molecule has 0 atom stereocenters. The monoisotopic (exact) mass is 273 g/mol. The average Bonchev–Trinajstić information content (AvgIpc) is 2.31. The molecule has 2 aromatic rings. The Morgan fingerprint density at radius 1 is 1.25 bits per heavy atom. The number of rotatable bonds is 0. The van der Waals surface area contributed by atoms with Gasteiger partial charge in [-0.25, -0.2) is 9.97 Å². The summed E-state index contributed by atoms with van der Waals surface area (Å²) in [5.41, 5.74) is 2.95. The first-order valence-electron chi connectivity index (χ1n) is 3.67. The number of halogens is 1. The van der Waals surface area contributed by atoms with Crippen LogP contribution in [0.4, 0.5) is 0 Å². The average molecular weight is 273 g/mol. The maximum Gasteiger partial charge on any atom is 0.169 e. The standard InChI is InChI=1S/C8H8IN3/c1-5-3-4-7-8(10-5)12(9)6(2)11-7/h3-4H,1-2H3. The molecule has 0 aliphatic carbocycles.